The second-order valence-electron chi connectivity index (χ2n) is 5.12. The molecule has 0 unspecified atom stereocenters. The van der Waals surface area contributed by atoms with E-state index in [1.807, 2.05) is 6.92 Å². The Labute approximate surface area is 159 Å². The normalized spacial score (nSPS) is 9.92. The summed E-state index contributed by atoms with van der Waals surface area (Å²) in [5.74, 6) is 0.104. The number of amides is 2. The van der Waals surface area contributed by atoms with E-state index in [2.05, 4.69) is 16.0 Å². The van der Waals surface area contributed by atoms with Crippen LogP contribution in [0.2, 0.25) is 5.02 Å². The molecule has 0 radical (unpaired) electrons. The third-order valence-electron chi connectivity index (χ3n) is 3.20. The van der Waals surface area contributed by atoms with Gasteiger partial charge in [0.15, 0.2) is 0 Å². The number of carbonyl (C=O) groups excluding carboxylic acids is 2. The van der Waals surface area contributed by atoms with Crippen LogP contribution in [-0.2, 0) is 14.3 Å². The zero-order valence-electron chi connectivity index (χ0n) is 14.6. The van der Waals surface area contributed by atoms with Gasteiger partial charge in [0, 0.05) is 37.7 Å². The Morgan fingerprint density at radius 3 is 2.52 bits per heavy atom. The van der Waals surface area contributed by atoms with Crippen molar-refractivity contribution in [3.05, 3.63) is 22.7 Å². The number of aryl methyl sites for hydroxylation is 1. The smallest absolute Gasteiger partial charge is 0.233 e. The van der Waals surface area contributed by atoms with Crippen molar-refractivity contribution in [3.63, 3.8) is 0 Å². The van der Waals surface area contributed by atoms with Crippen molar-refractivity contribution in [1.82, 2.24) is 10.6 Å². The summed E-state index contributed by atoms with van der Waals surface area (Å²) in [7, 11) is 3.10. The van der Waals surface area contributed by atoms with Crippen LogP contribution in [0.25, 0.3) is 0 Å². The highest BCUT2D eigenvalue weighted by Gasteiger charge is 2.10. The van der Waals surface area contributed by atoms with Gasteiger partial charge in [0.1, 0.15) is 5.75 Å². The van der Waals surface area contributed by atoms with Crippen molar-refractivity contribution in [2.75, 3.05) is 45.8 Å². The first-order chi connectivity index (χ1) is 11.5. The molecular weight excluding hydrogens is 369 g/mol. The molecule has 0 saturated heterocycles. The molecular formula is C16H25Cl2N3O4. The topological polar surface area (TPSA) is 88.7 Å². The first-order valence-electron chi connectivity index (χ1n) is 7.58. The third kappa shape index (κ3) is 8.92. The number of carbonyl (C=O) groups is 2. The Morgan fingerprint density at radius 2 is 1.88 bits per heavy atom. The fourth-order valence-corrected chi connectivity index (χ4v) is 2.05. The van der Waals surface area contributed by atoms with Gasteiger partial charge >= 0.3 is 0 Å². The summed E-state index contributed by atoms with van der Waals surface area (Å²) in [5, 5.41) is 8.92. The molecule has 3 N–H and O–H groups in total. The maximum atomic E-state index is 12.0. The van der Waals surface area contributed by atoms with Gasteiger partial charge in [0.2, 0.25) is 11.8 Å². The monoisotopic (exact) mass is 393 g/mol. The summed E-state index contributed by atoms with van der Waals surface area (Å²) in [6, 6.07) is 3.40. The predicted octanol–water partition coefficient (Wildman–Crippen LogP) is 1.76. The molecule has 25 heavy (non-hydrogen) atoms. The Morgan fingerprint density at radius 1 is 1.16 bits per heavy atom. The standard InChI is InChI=1S/C16H24ClN3O4.ClH/c1-11-8-13(14(24-3)9-12(11)17)20-15(21)4-5-19-16(22)10-18-6-7-23-2;/h8-9,18H,4-7,10H2,1-3H3,(H,19,22)(H,20,21);1H. The first kappa shape index (κ1) is 23.5. The molecule has 0 spiro atoms. The van der Waals surface area contributed by atoms with Crippen LogP contribution in [0.1, 0.15) is 12.0 Å². The largest absolute Gasteiger partial charge is 0.495 e. The predicted molar refractivity (Wildman–Crippen MR) is 101 cm³/mol. The summed E-state index contributed by atoms with van der Waals surface area (Å²) >= 11 is 6.03. The van der Waals surface area contributed by atoms with E-state index in [9.17, 15) is 9.59 Å². The van der Waals surface area contributed by atoms with Crippen molar-refractivity contribution in [3.8, 4) is 5.75 Å². The second kappa shape index (κ2) is 12.8. The fourth-order valence-electron chi connectivity index (χ4n) is 1.90. The van der Waals surface area contributed by atoms with Crippen molar-refractivity contribution in [2.24, 2.45) is 0 Å². The highest BCUT2D eigenvalue weighted by atomic mass is 35.5. The number of ether oxygens (including phenoxy) is 2. The molecule has 7 nitrogen and oxygen atoms in total. The summed E-state index contributed by atoms with van der Waals surface area (Å²) in [6.45, 7) is 3.42. The molecule has 1 aromatic rings. The van der Waals surface area contributed by atoms with Gasteiger partial charge in [-0.25, -0.2) is 0 Å². The summed E-state index contributed by atoms with van der Waals surface area (Å²) in [5.41, 5.74) is 1.39. The average molecular weight is 394 g/mol. The number of hydrogen-bond acceptors (Lipinski definition) is 5. The van der Waals surface area contributed by atoms with Gasteiger partial charge in [0.05, 0.1) is 25.9 Å². The van der Waals surface area contributed by atoms with Crippen LogP contribution < -0.4 is 20.7 Å². The maximum absolute atomic E-state index is 12.0. The van der Waals surface area contributed by atoms with Crippen LogP contribution in [0.3, 0.4) is 0 Å². The lowest BCUT2D eigenvalue weighted by Crippen LogP contribution is -2.36. The van der Waals surface area contributed by atoms with Crippen LogP contribution in [0.4, 0.5) is 5.69 Å². The van der Waals surface area contributed by atoms with Crippen LogP contribution in [0, 0.1) is 6.92 Å². The highest BCUT2D eigenvalue weighted by molar-refractivity contribution is 6.31. The molecule has 1 rings (SSSR count). The lowest BCUT2D eigenvalue weighted by atomic mass is 10.2. The van der Waals surface area contributed by atoms with E-state index in [-0.39, 0.29) is 43.7 Å². The molecule has 0 saturated carbocycles. The molecule has 0 fully saturated rings. The Hall–Kier alpha value is -1.54. The minimum absolute atomic E-state index is 0. The van der Waals surface area contributed by atoms with Gasteiger partial charge in [-0.05, 0) is 18.6 Å². The number of hydrogen-bond donors (Lipinski definition) is 3. The molecule has 9 heteroatoms. The van der Waals surface area contributed by atoms with E-state index in [0.717, 1.165) is 5.56 Å². The van der Waals surface area contributed by atoms with Crippen molar-refractivity contribution >= 4 is 41.5 Å². The number of nitrogens with one attached hydrogen (secondary N) is 3. The van der Waals surface area contributed by atoms with E-state index in [1.54, 1.807) is 19.2 Å². The molecule has 0 atom stereocenters. The number of halogens is 2. The second-order valence-corrected chi connectivity index (χ2v) is 5.53. The van der Waals surface area contributed by atoms with Crippen LogP contribution in [-0.4, -0.2) is 52.3 Å². The van der Waals surface area contributed by atoms with E-state index >= 15 is 0 Å². The van der Waals surface area contributed by atoms with Gasteiger partial charge in [-0.3, -0.25) is 9.59 Å². The molecule has 0 aromatic heterocycles. The quantitative estimate of drug-likeness (QED) is 0.527. The van der Waals surface area contributed by atoms with Gasteiger partial charge in [-0.2, -0.15) is 0 Å². The Kier molecular flexibility index (Phi) is 12.0. The number of methoxy groups -OCH3 is 2. The summed E-state index contributed by atoms with van der Waals surface area (Å²) in [4.78, 5) is 23.5. The molecule has 0 aliphatic carbocycles. The minimum atomic E-state index is -0.220. The molecule has 0 aliphatic heterocycles. The molecule has 0 bridgehead atoms. The van der Waals surface area contributed by atoms with E-state index in [1.165, 1.54) is 7.11 Å². The minimum Gasteiger partial charge on any atom is -0.495 e. The van der Waals surface area contributed by atoms with E-state index < -0.39 is 0 Å². The summed E-state index contributed by atoms with van der Waals surface area (Å²) < 4.78 is 10.1. The maximum Gasteiger partial charge on any atom is 0.233 e. The van der Waals surface area contributed by atoms with Gasteiger partial charge in [0.25, 0.3) is 0 Å². The Balaban J connectivity index is 0.00000576. The van der Waals surface area contributed by atoms with Gasteiger partial charge in [-0.15, -0.1) is 12.4 Å². The van der Waals surface area contributed by atoms with E-state index in [4.69, 9.17) is 21.1 Å². The van der Waals surface area contributed by atoms with Crippen molar-refractivity contribution in [2.45, 2.75) is 13.3 Å². The number of anilines is 1. The van der Waals surface area contributed by atoms with Gasteiger partial charge in [-0.1, -0.05) is 11.6 Å². The molecule has 142 valence electrons. The number of rotatable bonds is 10. The molecule has 2 amide bonds. The van der Waals surface area contributed by atoms with Crippen LogP contribution in [0.5, 0.6) is 5.75 Å². The van der Waals surface area contributed by atoms with Gasteiger partial charge < -0.3 is 25.4 Å². The molecule has 0 heterocycles. The lowest BCUT2D eigenvalue weighted by molar-refractivity contribution is -0.120. The Bertz CT molecular complexity index is 571. The average Bonchev–Trinajstić information content (AvgIpc) is 2.54. The zero-order chi connectivity index (χ0) is 17.9. The zero-order valence-corrected chi connectivity index (χ0v) is 16.2. The lowest BCUT2D eigenvalue weighted by Gasteiger charge is -2.12. The van der Waals surface area contributed by atoms with Crippen molar-refractivity contribution < 1.29 is 19.1 Å². The van der Waals surface area contributed by atoms with Crippen LogP contribution >= 0.6 is 24.0 Å². The van der Waals surface area contributed by atoms with Crippen LogP contribution in [0.15, 0.2) is 12.1 Å². The highest BCUT2D eigenvalue weighted by Crippen LogP contribution is 2.30. The fraction of sp³-hybridized carbons (Fsp3) is 0.500. The molecule has 0 aliphatic rings. The number of benzene rings is 1. The summed E-state index contributed by atoms with van der Waals surface area (Å²) in [6.07, 6.45) is 0.161. The van der Waals surface area contributed by atoms with Crippen molar-refractivity contribution in [1.29, 1.82) is 0 Å². The third-order valence-corrected chi connectivity index (χ3v) is 3.60. The van der Waals surface area contributed by atoms with E-state index in [0.29, 0.717) is 29.6 Å². The molecule has 1 aromatic carbocycles. The first-order valence-corrected chi connectivity index (χ1v) is 7.96. The SMILES string of the molecule is COCCNCC(=O)NCCC(=O)Nc1cc(C)c(Cl)cc1OC.Cl.